The summed E-state index contributed by atoms with van der Waals surface area (Å²) in [7, 11) is 1.66. The van der Waals surface area contributed by atoms with Crippen LogP contribution in [0.5, 0.6) is 5.75 Å². The van der Waals surface area contributed by atoms with Crippen LogP contribution >= 0.6 is 27.3 Å². The second-order valence-corrected chi connectivity index (χ2v) is 7.16. The van der Waals surface area contributed by atoms with Crippen molar-refractivity contribution in [2.75, 3.05) is 7.11 Å². The normalized spacial score (nSPS) is 18.4. The summed E-state index contributed by atoms with van der Waals surface area (Å²) < 4.78 is 6.27. The Bertz CT molecular complexity index is 654. The maximum absolute atomic E-state index is 5.83. The van der Waals surface area contributed by atoms with E-state index in [0.717, 1.165) is 15.1 Å². The lowest BCUT2D eigenvalue weighted by atomic mass is 10.2. The van der Waals surface area contributed by atoms with Crippen LogP contribution in [0.4, 0.5) is 0 Å². The summed E-state index contributed by atoms with van der Waals surface area (Å²) >= 11 is 5.17. The van der Waals surface area contributed by atoms with Gasteiger partial charge in [-0.3, -0.25) is 0 Å². The van der Waals surface area contributed by atoms with Crippen molar-refractivity contribution in [3.05, 3.63) is 62.6 Å². The van der Waals surface area contributed by atoms with Crippen LogP contribution < -0.4 is 10.5 Å². The average Bonchev–Trinajstić information content (AvgIpc) is 3.06. The van der Waals surface area contributed by atoms with E-state index < -0.39 is 0 Å². The zero-order chi connectivity index (χ0) is 14.8. The molecule has 1 aromatic carbocycles. The number of methoxy groups -OCH3 is 1. The Kier molecular flexibility index (Phi) is 4.19. The van der Waals surface area contributed by atoms with E-state index in [1.165, 1.54) is 4.88 Å². The third kappa shape index (κ3) is 3.23. The molecular formula is C15H15BrN2O2S. The highest BCUT2D eigenvalue weighted by molar-refractivity contribution is 9.11. The summed E-state index contributed by atoms with van der Waals surface area (Å²) in [6.07, 6.45) is 1.93. The van der Waals surface area contributed by atoms with Gasteiger partial charge in [0.1, 0.15) is 11.8 Å². The van der Waals surface area contributed by atoms with Crippen LogP contribution in [-0.4, -0.2) is 12.2 Å². The van der Waals surface area contributed by atoms with E-state index in [1.54, 1.807) is 18.4 Å². The minimum absolute atomic E-state index is 0.0448. The standard InChI is InChI=1S/C15H15BrN2O2S/c1-19-11-4-2-10(3-5-11)9-18-12(8-15(17)20-18)13-6-7-14(16)21-13/h2-8,12H,9,17H2,1H3. The van der Waals surface area contributed by atoms with E-state index in [0.29, 0.717) is 12.4 Å². The predicted molar refractivity (Wildman–Crippen MR) is 86.7 cm³/mol. The highest BCUT2D eigenvalue weighted by atomic mass is 79.9. The fourth-order valence-electron chi connectivity index (χ4n) is 2.21. The third-order valence-corrected chi connectivity index (χ3v) is 4.93. The molecule has 4 nitrogen and oxygen atoms in total. The summed E-state index contributed by atoms with van der Waals surface area (Å²) in [5, 5.41) is 1.88. The van der Waals surface area contributed by atoms with Crippen molar-refractivity contribution in [1.29, 1.82) is 0 Å². The SMILES string of the molecule is COc1ccc(CN2OC(N)=CC2c2ccc(Br)s2)cc1. The van der Waals surface area contributed by atoms with Gasteiger partial charge in [-0.05, 0) is 45.8 Å². The van der Waals surface area contributed by atoms with E-state index in [2.05, 4.69) is 22.0 Å². The molecule has 0 saturated carbocycles. The number of hydroxylamine groups is 2. The van der Waals surface area contributed by atoms with Gasteiger partial charge in [-0.25, -0.2) is 0 Å². The summed E-state index contributed by atoms with van der Waals surface area (Å²) in [5.74, 6) is 1.29. The first-order chi connectivity index (χ1) is 10.2. The maximum atomic E-state index is 5.83. The fraction of sp³-hybridized carbons (Fsp3) is 0.200. The van der Waals surface area contributed by atoms with Crippen LogP contribution in [0.3, 0.4) is 0 Å². The molecule has 1 aliphatic heterocycles. The van der Waals surface area contributed by atoms with E-state index in [-0.39, 0.29) is 6.04 Å². The highest BCUT2D eigenvalue weighted by Crippen LogP contribution is 2.36. The van der Waals surface area contributed by atoms with Crippen LogP contribution in [0.15, 0.2) is 52.1 Å². The second-order valence-electron chi connectivity index (χ2n) is 4.67. The van der Waals surface area contributed by atoms with E-state index in [9.17, 15) is 0 Å². The van der Waals surface area contributed by atoms with Gasteiger partial charge in [0.05, 0.1) is 17.4 Å². The van der Waals surface area contributed by atoms with Crippen LogP contribution in [0.25, 0.3) is 0 Å². The molecule has 1 atom stereocenters. The molecule has 2 aromatic rings. The predicted octanol–water partition coefficient (Wildman–Crippen LogP) is 3.81. The summed E-state index contributed by atoms with van der Waals surface area (Å²) in [5.41, 5.74) is 6.97. The Hall–Kier alpha value is -1.50. The van der Waals surface area contributed by atoms with Gasteiger partial charge in [-0.2, -0.15) is 0 Å². The molecule has 1 aromatic heterocycles. The molecule has 0 saturated heterocycles. The number of thiophene rings is 1. The average molecular weight is 367 g/mol. The first-order valence-electron chi connectivity index (χ1n) is 6.46. The quantitative estimate of drug-likeness (QED) is 0.893. The molecule has 2 N–H and O–H groups in total. The van der Waals surface area contributed by atoms with Gasteiger partial charge in [-0.15, -0.1) is 16.4 Å². The number of benzene rings is 1. The van der Waals surface area contributed by atoms with Gasteiger partial charge in [0.15, 0.2) is 0 Å². The van der Waals surface area contributed by atoms with Crippen LogP contribution in [0.2, 0.25) is 0 Å². The number of rotatable bonds is 4. The molecule has 1 unspecified atom stereocenters. The number of nitrogens with two attached hydrogens (primary N) is 1. The molecule has 21 heavy (non-hydrogen) atoms. The maximum Gasteiger partial charge on any atom is 0.207 e. The summed E-state index contributed by atoms with van der Waals surface area (Å²) in [6.45, 7) is 0.654. The Morgan fingerprint density at radius 1 is 1.29 bits per heavy atom. The van der Waals surface area contributed by atoms with Crippen LogP contribution in [0, 0.1) is 0 Å². The monoisotopic (exact) mass is 366 g/mol. The lowest BCUT2D eigenvalue weighted by molar-refractivity contribution is -0.127. The van der Waals surface area contributed by atoms with Gasteiger partial charge >= 0.3 is 0 Å². The topological polar surface area (TPSA) is 47.7 Å². The molecular weight excluding hydrogens is 352 g/mol. The minimum Gasteiger partial charge on any atom is -0.497 e. The van der Waals surface area contributed by atoms with Crippen molar-refractivity contribution in [3.8, 4) is 5.75 Å². The summed E-state index contributed by atoms with van der Waals surface area (Å²) in [6, 6.07) is 12.1. The van der Waals surface area contributed by atoms with Crippen LogP contribution in [-0.2, 0) is 11.4 Å². The van der Waals surface area contributed by atoms with Gasteiger partial charge in [-0.1, -0.05) is 12.1 Å². The molecule has 0 radical (unpaired) electrons. The second kappa shape index (κ2) is 6.09. The molecule has 2 heterocycles. The zero-order valence-electron chi connectivity index (χ0n) is 11.5. The van der Waals surface area contributed by atoms with E-state index in [1.807, 2.05) is 41.5 Å². The molecule has 1 aliphatic rings. The van der Waals surface area contributed by atoms with Crippen molar-refractivity contribution in [2.45, 2.75) is 12.6 Å². The lowest BCUT2D eigenvalue weighted by Gasteiger charge is -2.21. The first-order valence-corrected chi connectivity index (χ1v) is 8.07. The van der Waals surface area contributed by atoms with Gasteiger partial charge in [0, 0.05) is 11.0 Å². The molecule has 0 amide bonds. The van der Waals surface area contributed by atoms with Crippen molar-refractivity contribution in [2.24, 2.45) is 5.73 Å². The molecule has 6 heteroatoms. The molecule has 110 valence electrons. The number of halogens is 1. The largest absolute Gasteiger partial charge is 0.497 e. The Morgan fingerprint density at radius 2 is 2.05 bits per heavy atom. The van der Waals surface area contributed by atoms with Gasteiger partial charge < -0.3 is 15.3 Å². The number of ether oxygens (including phenoxy) is 1. The van der Waals surface area contributed by atoms with Crippen molar-refractivity contribution < 1.29 is 9.57 Å². The zero-order valence-corrected chi connectivity index (χ0v) is 13.9. The number of hydrogen-bond donors (Lipinski definition) is 1. The molecule has 3 rings (SSSR count). The number of nitrogens with zero attached hydrogens (tertiary/aromatic N) is 1. The first kappa shape index (κ1) is 14.4. The Morgan fingerprint density at radius 3 is 2.67 bits per heavy atom. The van der Waals surface area contributed by atoms with Gasteiger partial charge in [0.2, 0.25) is 5.88 Å². The Balaban J connectivity index is 1.77. The third-order valence-electron chi connectivity index (χ3n) is 3.24. The molecule has 0 aliphatic carbocycles. The van der Waals surface area contributed by atoms with E-state index >= 15 is 0 Å². The van der Waals surface area contributed by atoms with Gasteiger partial charge in [0.25, 0.3) is 0 Å². The molecule has 0 spiro atoms. The van der Waals surface area contributed by atoms with E-state index in [4.69, 9.17) is 15.3 Å². The number of hydrogen-bond acceptors (Lipinski definition) is 5. The lowest BCUT2D eigenvalue weighted by Crippen LogP contribution is -2.22. The highest BCUT2D eigenvalue weighted by Gasteiger charge is 2.28. The molecule has 0 fully saturated rings. The van der Waals surface area contributed by atoms with Crippen molar-refractivity contribution >= 4 is 27.3 Å². The Labute approximate surface area is 135 Å². The van der Waals surface area contributed by atoms with Crippen molar-refractivity contribution in [1.82, 2.24) is 5.06 Å². The smallest absolute Gasteiger partial charge is 0.207 e. The molecule has 0 bridgehead atoms. The van der Waals surface area contributed by atoms with Crippen molar-refractivity contribution in [3.63, 3.8) is 0 Å². The summed E-state index contributed by atoms with van der Waals surface area (Å²) in [4.78, 5) is 6.82. The van der Waals surface area contributed by atoms with Crippen LogP contribution in [0.1, 0.15) is 16.5 Å². The fourth-order valence-corrected chi connectivity index (χ4v) is 3.71. The minimum atomic E-state index is 0.0448.